The molecule has 0 aromatic heterocycles. The van der Waals surface area contributed by atoms with E-state index >= 15 is 0 Å². The smallest absolute Gasteiger partial charge is 0.243 e. The Bertz CT molecular complexity index is 521. The van der Waals surface area contributed by atoms with Gasteiger partial charge in [0, 0.05) is 22.5 Å². The summed E-state index contributed by atoms with van der Waals surface area (Å²) in [5.74, 6) is -0.937. The number of imide groups is 1. The number of hydrogen-bond acceptors (Lipinski definition) is 3. The molecule has 1 heterocycles. The zero-order valence-corrected chi connectivity index (χ0v) is 12.0. The number of piperidine rings is 1. The lowest BCUT2D eigenvalue weighted by Crippen LogP contribution is -2.51. The summed E-state index contributed by atoms with van der Waals surface area (Å²) in [5.41, 5.74) is 0.493. The monoisotopic (exact) mass is 328 g/mol. The highest BCUT2D eigenvalue weighted by atomic mass is 79.9. The minimum absolute atomic E-state index is 0.259. The molecular formula is C13H14BrFN2O2. The Morgan fingerprint density at radius 3 is 2.84 bits per heavy atom. The highest BCUT2D eigenvalue weighted by Crippen LogP contribution is 2.22. The lowest BCUT2D eigenvalue weighted by atomic mass is 10.0. The molecule has 1 aromatic carbocycles. The van der Waals surface area contributed by atoms with Crippen molar-refractivity contribution in [1.82, 2.24) is 10.6 Å². The van der Waals surface area contributed by atoms with Gasteiger partial charge in [-0.1, -0.05) is 22.0 Å². The molecule has 2 atom stereocenters. The topological polar surface area (TPSA) is 58.2 Å². The van der Waals surface area contributed by atoms with Crippen molar-refractivity contribution in [2.45, 2.75) is 31.8 Å². The number of amides is 2. The van der Waals surface area contributed by atoms with Gasteiger partial charge in [-0.2, -0.15) is 0 Å². The predicted octanol–water partition coefficient (Wildman–Crippen LogP) is 2.04. The number of hydrogen-bond donors (Lipinski definition) is 2. The third kappa shape index (κ3) is 3.39. The molecule has 1 saturated heterocycles. The van der Waals surface area contributed by atoms with Gasteiger partial charge in [-0.3, -0.25) is 20.2 Å². The molecule has 4 nitrogen and oxygen atoms in total. The molecular weight excluding hydrogens is 315 g/mol. The van der Waals surface area contributed by atoms with Crippen LogP contribution in [0, 0.1) is 5.82 Å². The molecule has 0 bridgehead atoms. The van der Waals surface area contributed by atoms with E-state index in [0.717, 1.165) is 0 Å². The number of nitrogens with one attached hydrogen (secondary N) is 2. The first-order valence-electron chi connectivity index (χ1n) is 6.02. The Morgan fingerprint density at radius 2 is 2.21 bits per heavy atom. The van der Waals surface area contributed by atoms with Crippen LogP contribution in [0.2, 0.25) is 0 Å². The number of carbonyl (C=O) groups is 2. The zero-order chi connectivity index (χ0) is 14.0. The van der Waals surface area contributed by atoms with Crippen LogP contribution in [0.15, 0.2) is 22.7 Å². The van der Waals surface area contributed by atoms with Crippen LogP contribution in [-0.2, 0) is 9.59 Å². The SMILES string of the molecule is CC(NC1CCC(=O)NC1=O)c1ccc(Br)cc1F. The van der Waals surface area contributed by atoms with Crippen LogP contribution < -0.4 is 10.6 Å². The zero-order valence-electron chi connectivity index (χ0n) is 10.4. The third-order valence-electron chi connectivity index (χ3n) is 3.12. The van der Waals surface area contributed by atoms with Crippen LogP contribution in [0.1, 0.15) is 31.4 Å². The molecule has 1 aliphatic rings. The summed E-state index contributed by atoms with van der Waals surface area (Å²) in [6, 6.07) is 4.04. The normalized spacial score (nSPS) is 21.1. The average molecular weight is 329 g/mol. The second kappa shape index (κ2) is 5.79. The van der Waals surface area contributed by atoms with Crippen molar-refractivity contribution in [3.05, 3.63) is 34.1 Å². The lowest BCUT2D eigenvalue weighted by molar-refractivity contribution is -0.134. The van der Waals surface area contributed by atoms with Crippen LogP contribution in [0.3, 0.4) is 0 Å². The van der Waals surface area contributed by atoms with Gasteiger partial charge in [0.05, 0.1) is 6.04 Å². The first-order chi connectivity index (χ1) is 8.97. The number of rotatable bonds is 3. The van der Waals surface area contributed by atoms with E-state index in [-0.39, 0.29) is 23.7 Å². The second-order valence-electron chi connectivity index (χ2n) is 4.56. The van der Waals surface area contributed by atoms with Crippen molar-refractivity contribution in [2.24, 2.45) is 0 Å². The van der Waals surface area contributed by atoms with E-state index in [0.29, 0.717) is 22.9 Å². The average Bonchev–Trinajstić information content (AvgIpc) is 2.32. The second-order valence-corrected chi connectivity index (χ2v) is 5.47. The van der Waals surface area contributed by atoms with Gasteiger partial charge in [-0.05, 0) is 25.5 Å². The summed E-state index contributed by atoms with van der Waals surface area (Å²) in [5, 5.41) is 5.31. The quantitative estimate of drug-likeness (QED) is 0.835. The van der Waals surface area contributed by atoms with E-state index in [1.54, 1.807) is 19.1 Å². The molecule has 0 radical (unpaired) electrons. The fourth-order valence-electron chi connectivity index (χ4n) is 2.10. The maximum atomic E-state index is 13.8. The standard InChI is InChI=1S/C13H14BrFN2O2/c1-7(9-3-2-8(14)6-10(9)15)16-11-4-5-12(18)17-13(11)19/h2-3,6-7,11,16H,4-5H2,1H3,(H,17,18,19). The van der Waals surface area contributed by atoms with Crippen LogP contribution >= 0.6 is 15.9 Å². The largest absolute Gasteiger partial charge is 0.299 e. The maximum Gasteiger partial charge on any atom is 0.243 e. The summed E-state index contributed by atoms with van der Waals surface area (Å²) in [4.78, 5) is 22.7. The highest BCUT2D eigenvalue weighted by molar-refractivity contribution is 9.10. The maximum absolute atomic E-state index is 13.8. The first-order valence-corrected chi connectivity index (χ1v) is 6.81. The number of halogens is 2. The van der Waals surface area contributed by atoms with Crippen LogP contribution in [-0.4, -0.2) is 17.9 Å². The molecule has 0 aliphatic carbocycles. The molecule has 0 saturated carbocycles. The summed E-state index contributed by atoms with van der Waals surface area (Å²) >= 11 is 3.20. The van der Waals surface area contributed by atoms with E-state index in [1.807, 2.05) is 0 Å². The van der Waals surface area contributed by atoms with Crippen molar-refractivity contribution in [1.29, 1.82) is 0 Å². The summed E-state index contributed by atoms with van der Waals surface area (Å²) < 4.78 is 14.5. The molecule has 1 aromatic rings. The van der Waals surface area contributed by atoms with Crippen LogP contribution in [0.25, 0.3) is 0 Å². The molecule has 6 heteroatoms. The highest BCUT2D eigenvalue weighted by Gasteiger charge is 2.28. The minimum Gasteiger partial charge on any atom is -0.299 e. The first kappa shape index (κ1) is 14.1. The van der Waals surface area contributed by atoms with Crippen molar-refractivity contribution >= 4 is 27.7 Å². The minimum atomic E-state index is -0.462. The van der Waals surface area contributed by atoms with Crippen molar-refractivity contribution in [3.63, 3.8) is 0 Å². The number of carbonyl (C=O) groups excluding carboxylic acids is 2. The van der Waals surface area contributed by atoms with E-state index < -0.39 is 6.04 Å². The Balaban J connectivity index is 2.06. The Hall–Kier alpha value is -1.27. The fourth-order valence-corrected chi connectivity index (χ4v) is 2.43. The van der Waals surface area contributed by atoms with Gasteiger partial charge in [0.15, 0.2) is 0 Å². The van der Waals surface area contributed by atoms with Gasteiger partial charge >= 0.3 is 0 Å². The molecule has 2 amide bonds. The molecule has 0 spiro atoms. The van der Waals surface area contributed by atoms with Crippen molar-refractivity contribution in [3.8, 4) is 0 Å². The summed E-state index contributed by atoms with van der Waals surface area (Å²) in [6.45, 7) is 1.79. The molecule has 2 N–H and O–H groups in total. The lowest BCUT2D eigenvalue weighted by Gasteiger charge is -2.25. The fraction of sp³-hybridized carbons (Fsp3) is 0.385. The van der Waals surface area contributed by atoms with E-state index in [9.17, 15) is 14.0 Å². The number of benzene rings is 1. The van der Waals surface area contributed by atoms with Gasteiger partial charge in [-0.15, -0.1) is 0 Å². The van der Waals surface area contributed by atoms with Crippen molar-refractivity contribution in [2.75, 3.05) is 0 Å². The predicted molar refractivity (Wildman–Crippen MR) is 71.8 cm³/mol. The van der Waals surface area contributed by atoms with Crippen molar-refractivity contribution < 1.29 is 14.0 Å². The molecule has 2 rings (SSSR count). The van der Waals surface area contributed by atoms with Crippen LogP contribution in [0.4, 0.5) is 4.39 Å². The Kier molecular flexibility index (Phi) is 4.31. The Morgan fingerprint density at radius 1 is 1.47 bits per heavy atom. The molecule has 1 aliphatic heterocycles. The third-order valence-corrected chi connectivity index (χ3v) is 3.61. The summed E-state index contributed by atoms with van der Waals surface area (Å²) in [6.07, 6.45) is 0.742. The molecule has 1 fully saturated rings. The van der Waals surface area contributed by atoms with E-state index in [4.69, 9.17) is 0 Å². The van der Waals surface area contributed by atoms with Gasteiger partial charge in [-0.25, -0.2) is 4.39 Å². The summed E-state index contributed by atoms with van der Waals surface area (Å²) in [7, 11) is 0. The van der Waals surface area contributed by atoms with Gasteiger partial charge in [0.1, 0.15) is 5.82 Å². The van der Waals surface area contributed by atoms with Crippen LogP contribution in [0.5, 0.6) is 0 Å². The van der Waals surface area contributed by atoms with Gasteiger partial charge in [0.25, 0.3) is 0 Å². The molecule has 2 unspecified atom stereocenters. The van der Waals surface area contributed by atoms with E-state index in [1.165, 1.54) is 6.07 Å². The molecule has 19 heavy (non-hydrogen) atoms. The molecule has 102 valence electrons. The van der Waals surface area contributed by atoms with Gasteiger partial charge in [0.2, 0.25) is 11.8 Å². The van der Waals surface area contributed by atoms with Gasteiger partial charge < -0.3 is 0 Å². The van der Waals surface area contributed by atoms with E-state index in [2.05, 4.69) is 26.6 Å². The Labute approximate surface area is 118 Å².